The zero-order chi connectivity index (χ0) is 13.8. The molecule has 0 aliphatic carbocycles. The molecule has 0 unspecified atom stereocenters. The maximum atomic E-state index is 11.3. The van der Waals surface area contributed by atoms with Crippen molar-refractivity contribution in [1.29, 1.82) is 0 Å². The normalized spacial score (nSPS) is 10.1. The number of nitrogens with one attached hydrogen (secondary N) is 2. The summed E-state index contributed by atoms with van der Waals surface area (Å²) in [7, 11) is 3.10. The Morgan fingerprint density at radius 2 is 2.00 bits per heavy atom. The minimum atomic E-state index is -0.403. The first-order valence-corrected chi connectivity index (χ1v) is 5.75. The Labute approximate surface area is 114 Å². The lowest BCUT2D eigenvalue weighted by Gasteiger charge is -2.11. The van der Waals surface area contributed by atoms with Crippen molar-refractivity contribution in [3.05, 3.63) is 39.9 Å². The molecule has 2 aromatic rings. The minimum absolute atomic E-state index is 0.00251. The van der Waals surface area contributed by atoms with Gasteiger partial charge in [0, 0.05) is 11.8 Å². The predicted molar refractivity (Wildman–Crippen MR) is 72.7 cm³/mol. The number of anilines is 2. The summed E-state index contributed by atoms with van der Waals surface area (Å²) in [5.74, 6) is 1.45. The van der Waals surface area contributed by atoms with Crippen molar-refractivity contribution in [3.8, 4) is 11.5 Å². The fourth-order valence-corrected chi connectivity index (χ4v) is 1.67. The number of ether oxygens (including phenoxy) is 2. The van der Waals surface area contributed by atoms with Gasteiger partial charge in [-0.2, -0.15) is 0 Å². The number of hydrogen-bond acceptors (Lipinski definition) is 5. The van der Waals surface area contributed by atoms with Gasteiger partial charge in [-0.15, -0.1) is 0 Å². The van der Waals surface area contributed by atoms with Gasteiger partial charge in [-0.1, -0.05) is 11.6 Å². The number of methoxy groups -OCH3 is 2. The van der Waals surface area contributed by atoms with Gasteiger partial charge in [0.05, 0.1) is 20.5 Å². The molecule has 1 aromatic heterocycles. The van der Waals surface area contributed by atoms with Gasteiger partial charge < -0.3 is 19.8 Å². The molecule has 0 atom stereocenters. The van der Waals surface area contributed by atoms with Crippen LogP contribution in [0.1, 0.15) is 0 Å². The molecule has 0 radical (unpaired) electrons. The Bertz CT molecular complexity index is 642. The fourth-order valence-electron chi connectivity index (χ4n) is 1.52. The molecule has 100 valence electrons. The first-order chi connectivity index (χ1) is 9.15. The Morgan fingerprint density at radius 3 is 2.68 bits per heavy atom. The van der Waals surface area contributed by atoms with Gasteiger partial charge in [-0.3, -0.25) is 4.79 Å². The van der Waals surface area contributed by atoms with Crippen LogP contribution >= 0.6 is 11.6 Å². The summed E-state index contributed by atoms with van der Waals surface area (Å²) >= 11 is 5.85. The van der Waals surface area contributed by atoms with Gasteiger partial charge in [0.15, 0.2) is 17.3 Å². The number of aromatic nitrogens is 2. The lowest BCUT2D eigenvalue weighted by Crippen LogP contribution is -2.09. The van der Waals surface area contributed by atoms with Crippen LogP contribution in [0, 0.1) is 0 Å². The number of H-pyrrole nitrogens is 1. The van der Waals surface area contributed by atoms with Gasteiger partial charge in [0.25, 0.3) is 5.56 Å². The SMILES string of the molecule is COc1ccc(Nc2nc[nH]c(=O)c2Cl)cc1OC. The summed E-state index contributed by atoms with van der Waals surface area (Å²) < 4.78 is 10.3. The van der Waals surface area contributed by atoms with Gasteiger partial charge >= 0.3 is 0 Å². The standard InChI is InChI=1S/C12H12ClN3O3/c1-18-8-4-3-7(5-9(8)19-2)16-11-10(13)12(17)15-6-14-11/h3-6H,1-2H3,(H2,14,15,16,17). The van der Waals surface area contributed by atoms with E-state index in [1.165, 1.54) is 6.33 Å². The average Bonchev–Trinajstić information content (AvgIpc) is 2.43. The lowest BCUT2D eigenvalue weighted by atomic mass is 10.2. The Balaban J connectivity index is 2.33. The molecule has 1 heterocycles. The van der Waals surface area contributed by atoms with Crippen LogP contribution in [0.25, 0.3) is 0 Å². The molecule has 6 nitrogen and oxygen atoms in total. The molecule has 2 rings (SSSR count). The minimum Gasteiger partial charge on any atom is -0.493 e. The second kappa shape index (κ2) is 5.62. The highest BCUT2D eigenvalue weighted by Crippen LogP contribution is 2.31. The van der Waals surface area contributed by atoms with Crippen LogP contribution in [0.15, 0.2) is 29.3 Å². The fraction of sp³-hybridized carbons (Fsp3) is 0.167. The van der Waals surface area contributed by atoms with Crippen molar-refractivity contribution in [2.75, 3.05) is 19.5 Å². The highest BCUT2D eigenvalue weighted by atomic mass is 35.5. The van der Waals surface area contributed by atoms with E-state index in [0.29, 0.717) is 17.2 Å². The van der Waals surface area contributed by atoms with Gasteiger partial charge in [-0.05, 0) is 12.1 Å². The third kappa shape index (κ3) is 2.79. The second-order valence-corrected chi connectivity index (χ2v) is 3.97. The molecule has 19 heavy (non-hydrogen) atoms. The molecule has 0 aliphatic rings. The largest absolute Gasteiger partial charge is 0.493 e. The Kier molecular flexibility index (Phi) is 3.91. The molecule has 1 aromatic carbocycles. The summed E-state index contributed by atoms with van der Waals surface area (Å²) in [5, 5.41) is 2.94. The molecule has 0 bridgehead atoms. The summed E-state index contributed by atoms with van der Waals surface area (Å²) in [6, 6.07) is 5.22. The van der Waals surface area contributed by atoms with E-state index < -0.39 is 5.56 Å². The van der Waals surface area contributed by atoms with Gasteiger partial charge in [0.2, 0.25) is 0 Å². The molecule has 0 amide bonds. The predicted octanol–water partition coefficient (Wildman–Crippen LogP) is 2.18. The smallest absolute Gasteiger partial charge is 0.271 e. The van der Waals surface area contributed by atoms with Gasteiger partial charge in [-0.25, -0.2) is 4.98 Å². The van der Waals surface area contributed by atoms with E-state index in [9.17, 15) is 4.79 Å². The van der Waals surface area contributed by atoms with E-state index in [-0.39, 0.29) is 10.8 Å². The molecule has 2 N–H and O–H groups in total. The molecule has 0 saturated heterocycles. The summed E-state index contributed by atoms with van der Waals surface area (Å²) in [6.07, 6.45) is 1.28. The van der Waals surface area contributed by atoms with Crippen molar-refractivity contribution in [3.63, 3.8) is 0 Å². The van der Waals surface area contributed by atoms with Crippen LogP contribution in [0.5, 0.6) is 11.5 Å². The Morgan fingerprint density at radius 1 is 1.26 bits per heavy atom. The van der Waals surface area contributed by atoms with E-state index in [1.807, 2.05) is 0 Å². The summed E-state index contributed by atoms with van der Waals surface area (Å²) in [6.45, 7) is 0. The monoisotopic (exact) mass is 281 g/mol. The summed E-state index contributed by atoms with van der Waals surface area (Å²) in [5.41, 5.74) is 0.275. The molecule has 0 aliphatic heterocycles. The van der Waals surface area contributed by atoms with Crippen LogP contribution in [-0.2, 0) is 0 Å². The van der Waals surface area contributed by atoms with E-state index in [2.05, 4.69) is 15.3 Å². The zero-order valence-electron chi connectivity index (χ0n) is 10.4. The van der Waals surface area contributed by atoms with Crippen LogP contribution < -0.4 is 20.3 Å². The molecule has 0 spiro atoms. The highest BCUT2D eigenvalue weighted by Gasteiger charge is 2.08. The molecule has 0 fully saturated rings. The van der Waals surface area contributed by atoms with Crippen molar-refractivity contribution < 1.29 is 9.47 Å². The third-order valence-electron chi connectivity index (χ3n) is 2.44. The molecular formula is C12H12ClN3O3. The average molecular weight is 282 g/mol. The second-order valence-electron chi connectivity index (χ2n) is 3.59. The van der Waals surface area contributed by atoms with Crippen LogP contribution in [-0.4, -0.2) is 24.2 Å². The van der Waals surface area contributed by atoms with Crippen molar-refractivity contribution in [2.45, 2.75) is 0 Å². The number of hydrogen-bond donors (Lipinski definition) is 2. The van der Waals surface area contributed by atoms with E-state index >= 15 is 0 Å². The van der Waals surface area contributed by atoms with Crippen LogP contribution in [0.2, 0.25) is 5.02 Å². The van der Waals surface area contributed by atoms with Crippen molar-refractivity contribution in [2.24, 2.45) is 0 Å². The third-order valence-corrected chi connectivity index (χ3v) is 2.79. The molecular weight excluding hydrogens is 270 g/mol. The number of aromatic amines is 1. The number of nitrogens with zero attached hydrogens (tertiary/aromatic N) is 1. The maximum Gasteiger partial charge on any atom is 0.271 e. The van der Waals surface area contributed by atoms with Crippen LogP contribution in [0.4, 0.5) is 11.5 Å². The molecule has 7 heteroatoms. The number of benzene rings is 1. The van der Waals surface area contributed by atoms with E-state index in [1.54, 1.807) is 32.4 Å². The van der Waals surface area contributed by atoms with Gasteiger partial charge in [0.1, 0.15) is 5.02 Å². The molecule has 0 saturated carbocycles. The van der Waals surface area contributed by atoms with E-state index in [0.717, 1.165) is 0 Å². The Hall–Kier alpha value is -2.21. The highest BCUT2D eigenvalue weighted by molar-refractivity contribution is 6.32. The number of rotatable bonds is 4. The maximum absolute atomic E-state index is 11.3. The first kappa shape index (κ1) is 13.2. The lowest BCUT2D eigenvalue weighted by molar-refractivity contribution is 0.355. The van der Waals surface area contributed by atoms with Crippen LogP contribution in [0.3, 0.4) is 0 Å². The first-order valence-electron chi connectivity index (χ1n) is 5.38. The summed E-state index contributed by atoms with van der Waals surface area (Å²) in [4.78, 5) is 17.7. The zero-order valence-corrected chi connectivity index (χ0v) is 11.1. The quantitative estimate of drug-likeness (QED) is 0.898. The van der Waals surface area contributed by atoms with Crippen molar-refractivity contribution >= 4 is 23.1 Å². The van der Waals surface area contributed by atoms with E-state index in [4.69, 9.17) is 21.1 Å². The number of halogens is 1. The van der Waals surface area contributed by atoms with Crippen molar-refractivity contribution in [1.82, 2.24) is 9.97 Å². The topological polar surface area (TPSA) is 76.2 Å².